The number of carbonyl (C=O) groups excluding carboxylic acids is 2. The van der Waals surface area contributed by atoms with Crippen LogP contribution in [0.1, 0.15) is 22.8 Å². The largest absolute Gasteiger partial charge is 0.398 e. The topological polar surface area (TPSA) is 60.2 Å². The van der Waals surface area contributed by atoms with Gasteiger partial charge in [-0.05, 0) is 25.1 Å². The predicted molar refractivity (Wildman–Crippen MR) is 56.0 cm³/mol. The van der Waals surface area contributed by atoms with E-state index in [0.29, 0.717) is 23.1 Å². The van der Waals surface area contributed by atoms with Crippen molar-refractivity contribution < 1.29 is 9.59 Å². The molecule has 0 atom stereocenters. The predicted octanol–water partition coefficient (Wildman–Crippen LogP) is 1.68. The number of nitrogen functional groups attached to an aromatic ring is 1. The number of aldehydes is 1. The highest BCUT2D eigenvalue weighted by atomic mass is 16.1. The monoisotopic (exact) mass is 189 g/mol. The molecule has 0 aliphatic heterocycles. The highest BCUT2D eigenvalue weighted by Gasteiger charge is 2.06. The van der Waals surface area contributed by atoms with Gasteiger partial charge in [-0.15, -0.1) is 0 Å². The third-order valence-corrected chi connectivity index (χ3v) is 1.95. The first kappa shape index (κ1) is 10.2. The second kappa shape index (κ2) is 3.87. The third-order valence-electron chi connectivity index (χ3n) is 1.95. The van der Waals surface area contributed by atoms with Crippen molar-refractivity contribution in [2.45, 2.75) is 6.92 Å². The normalized spacial score (nSPS) is 9.50. The van der Waals surface area contributed by atoms with Crippen LogP contribution in [-0.2, 0) is 4.79 Å². The Morgan fingerprint density at radius 2 is 2.14 bits per heavy atom. The molecule has 0 amide bonds. The maximum Gasteiger partial charge on any atom is 0.159 e. The van der Waals surface area contributed by atoms with Gasteiger partial charge < -0.3 is 5.73 Å². The average molecular weight is 189 g/mol. The number of rotatable bonds is 3. The van der Waals surface area contributed by atoms with Gasteiger partial charge in [0, 0.05) is 22.4 Å². The molecule has 14 heavy (non-hydrogen) atoms. The number of ketones is 1. The fourth-order valence-corrected chi connectivity index (χ4v) is 1.12. The summed E-state index contributed by atoms with van der Waals surface area (Å²) >= 11 is 0. The van der Waals surface area contributed by atoms with Crippen LogP contribution in [-0.4, -0.2) is 12.1 Å². The SMILES string of the molecule is C=C(C=O)c1cc(C(C)=O)ccc1N. The van der Waals surface area contributed by atoms with Crippen LogP contribution in [0.15, 0.2) is 24.8 Å². The number of hydrogen-bond acceptors (Lipinski definition) is 3. The highest BCUT2D eigenvalue weighted by Crippen LogP contribution is 2.20. The van der Waals surface area contributed by atoms with Crippen LogP contribution in [0.2, 0.25) is 0 Å². The lowest BCUT2D eigenvalue weighted by Gasteiger charge is -2.05. The number of nitrogens with two attached hydrogens (primary N) is 1. The van der Waals surface area contributed by atoms with Gasteiger partial charge in [0.25, 0.3) is 0 Å². The minimum absolute atomic E-state index is 0.0649. The van der Waals surface area contributed by atoms with E-state index in [-0.39, 0.29) is 11.4 Å². The third kappa shape index (κ3) is 1.88. The zero-order chi connectivity index (χ0) is 10.7. The molecule has 0 fully saturated rings. The van der Waals surface area contributed by atoms with Crippen LogP contribution in [0.25, 0.3) is 5.57 Å². The van der Waals surface area contributed by atoms with E-state index in [9.17, 15) is 9.59 Å². The molecule has 0 aromatic heterocycles. The van der Waals surface area contributed by atoms with E-state index in [4.69, 9.17) is 5.73 Å². The molecular formula is C11H11NO2. The summed E-state index contributed by atoms with van der Waals surface area (Å²) in [6, 6.07) is 4.80. The first-order valence-electron chi connectivity index (χ1n) is 4.11. The Labute approximate surface area is 82.2 Å². The second-order valence-electron chi connectivity index (χ2n) is 3.00. The summed E-state index contributed by atoms with van der Waals surface area (Å²) in [6.45, 7) is 5.00. The molecule has 1 rings (SSSR count). The Kier molecular flexibility index (Phi) is 2.82. The number of allylic oxidation sites excluding steroid dienone is 1. The Morgan fingerprint density at radius 3 is 2.64 bits per heavy atom. The standard InChI is InChI=1S/C11H11NO2/c1-7(6-13)10-5-9(8(2)14)3-4-11(10)12/h3-6H,1,12H2,2H3. The molecule has 0 bridgehead atoms. The minimum Gasteiger partial charge on any atom is -0.398 e. The summed E-state index contributed by atoms with van der Waals surface area (Å²) < 4.78 is 0. The maximum absolute atomic E-state index is 11.1. The van der Waals surface area contributed by atoms with E-state index in [1.165, 1.54) is 6.92 Å². The van der Waals surface area contributed by atoms with Crippen LogP contribution in [0.5, 0.6) is 0 Å². The fourth-order valence-electron chi connectivity index (χ4n) is 1.12. The van der Waals surface area contributed by atoms with Gasteiger partial charge in [0.1, 0.15) is 6.29 Å². The zero-order valence-corrected chi connectivity index (χ0v) is 7.91. The molecule has 3 nitrogen and oxygen atoms in total. The summed E-state index contributed by atoms with van der Waals surface area (Å²) in [6.07, 6.45) is 0.621. The molecule has 0 saturated carbocycles. The lowest BCUT2D eigenvalue weighted by molar-refractivity contribution is -0.103. The Hall–Kier alpha value is -1.90. The van der Waals surface area contributed by atoms with Crippen molar-refractivity contribution in [3.63, 3.8) is 0 Å². The van der Waals surface area contributed by atoms with E-state index in [2.05, 4.69) is 6.58 Å². The van der Waals surface area contributed by atoms with Crippen molar-refractivity contribution in [3.05, 3.63) is 35.9 Å². The van der Waals surface area contributed by atoms with Crippen LogP contribution in [0.4, 0.5) is 5.69 Å². The van der Waals surface area contributed by atoms with E-state index in [0.717, 1.165) is 0 Å². The van der Waals surface area contributed by atoms with Crippen LogP contribution in [0, 0.1) is 0 Å². The summed E-state index contributed by atoms with van der Waals surface area (Å²) in [7, 11) is 0. The lowest BCUT2D eigenvalue weighted by atomic mass is 10.0. The minimum atomic E-state index is -0.0649. The molecule has 0 aliphatic rings. The molecule has 0 spiro atoms. The molecule has 2 N–H and O–H groups in total. The zero-order valence-electron chi connectivity index (χ0n) is 7.91. The van der Waals surface area contributed by atoms with Crippen LogP contribution >= 0.6 is 0 Å². The van der Waals surface area contributed by atoms with Gasteiger partial charge in [0.2, 0.25) is 0 Å². The molecular weight excluding hydrogens is 178 g/mol. The molecule has 0 aliphatic carbocycles. The van der Waals surface area contributed by atoms with Gasteiger partial charge in [0.15, 0.2) is 5.78 Å². The van der Waals surface area contributed by atoms with E-state index < -0.39 is 0 Å². The Morgan fingerprint density at radius 1 is 1.50 bits per heavy atom. The second-order valence-corrected chi connectivity index (χ2v) is 3.00. The van der Waals surface area contributed by atoms with Crippen LogP contribution in [0.3, 0.4) is 0 Å². The molecule has 72 valence electrons. The van der Waals surface area contributed by atoms with Gasteiger partial charge in [-0.2, -0.15) is 0 Å². The molecule has 0 heterocycles. The van der Waals surface area contributed by atoms with Gasteiger partial charge in [-0.25, -0.2) is 0 Å². The highest BCUT2D eigenvalue weighted by molar-refractivity contribution is 6.09. The number of hydrogen-bond donors (Lipinski definition) is 1. The van der Waals surface area contributed by atoms with Gasteiger partial charge >= 0.3 is 0 Å². The summed E-state index contributed by atoms with van der Waals surface area (Å²) in [5, 5.41) is 0. The van der Waals surface area contributed by atoms with Gasteiger partial charge in [-0.3, -0.25) is 9.59 Å². The van der Waals surface area contributed by atoms with E-state index in [1.807, 2.05) is 0 Å². The van der Waals surface area contributed by atoms with Crippen molar-refractivity contribution >= 4 is 23.3 Å². The molecule has 0 radical (unpaired) electrons. The number of benzene rings is 1. The van der Waals surface area contributed by atoms with Crippen molar-refractivity contribution in [2.75, 3.05) is 5.73 Å². The Balaban J connectivity index is 3.28. The first-order chi connectivity index (χ1) is 6.56. The summed E-state index contributed by atoms with van der Waals surface area (Å²) in [5.74, 6) is -0.0649. The fraction of sp³-hybridized carbons (Fsp3) is 0.0909. The van der Waals surface area contributed by atoms with E-state index in [1.54, 1.807) is 18.2 Å². The molecule has 1 aromatic carbocycles. The number of anilines is 1. The first-order valence-corrected chi connectivity index (χ1v) is 4.11. The van der Waals surface area contributed by atoms with Crippen molar-refractivity contribution in [1.29, 1.82) is 0 Å². The van der Waals surface area contributed by atoms with Gasteiger partial charge in [-0.1, -0.05) is 6.58 Å². The molecule has 0 unspecified atom stereocenters. The molecule has 1 aromatic rings. The van der Waals surface area contributed by atoms with Crippen LogP contribution < -0.4 is 5.73 Å². The Bertz CT molecular complexity index is 408. The molecule has 0 saturated heterocycles. The van der Waals surface area contributed by atoms with Crippen molar-refractivity contribution in [3.8, 4) is 0 Å². The summed E-state index contributed by atoms with van der Waals surface area (Å²) in [5.41, 5.74) is 7.42. The average Bonchev–Trinajstić information content (AvgIpc) is 2.17. The maximum atomic E-state index is 11.1. The molecule has 3 heteroatoms. The van der Waals surface area contributed by atoms with E-state index >= 15 is 0 Å². The number of carbonyl (C=O) groups is 2. The quantitative estimate of drug-likeness (QED) is 0.340. The van der Waals surface area contributed by atoms with Crippen molar-refractivity contribution in [2.24, 2.45) is 0 Å². The lowest BCUT2D eigenvalue weighted by Crippen LogP contribution is -1.98. The smallest absolute Gasteiger partial charge is 0.159 e. The number of Topliss-reactive ketones (excluding diaryl/α,β-unsaturated/α-hetero) is 1. The summed E-state index contributed by atoms with van der Waals surface area (Å²) in [4.78, 5) is 21.6. The van der Waals surface area contributed by atoms with Crippen molar-refractivity contribution in [1.82, 2.24) is 0 Å². The van der Waals surface area contributed by atoms with Gasteiger partial charge in [0.05, 0.1) is 0 Å².